The summed E-state index contributed by atoms with van der Waals surface area (Å²) < 4.78 is 0. The van der Waals surface area contributed by atoms with Crippen LogP contribution in [0.25, 0.3) is 0 Å². The summed E-state index contributed by atoms with van der Waals surface area (Å²) in [6.07, 6.45) is 1.11. The van der Waals surface area contributed by atoms with Crippen molar-refractivity contribution >= 4 is 29.1 Å². The quantitative estimate of drug-likeness (QED) is 0.689. The molecule has 1 aromatic heterocycles. The van der Waals surface area contributed by atoms with Crippen LogP contribution in [-0.2, 0) is 0 Å². The molecule has 0 amide bonds. The van der Waals surface area contributed by atoms with Crippen LogP contribution in [0.2, 0.25) is 5.02 Å². The third-order valence-corrected chi connectivity index (χ3v) is 3.45. The normalized spacial score (nSPS) is 12.0. The maximum atomic E-state index is 11.1. The zero-order chi connectivity index (χ0) is 15.6. The monoisotopic (exact) mass is 307 g/mol. The summed E-state index contributed by atoms with van der Waals surface area (Å²) in [5.74, 6) is 0.153. The first-order chi connectivity index (χ1) is 9.90. The van der Waals surface area contributed by atoms with Gasteiger partial charge in [0.25, 0.3) is 0 Å². The Balaban J connectivity index is 2.41. The van der Waals surface area contributed by atoms with Crippen LogP contribution < -0.4 is 10.6 Å². The fourth-order valence-corrected chi connectivity index (χ4v) is 2.14. The molecule has 2 N–H and O–H groups in total. The standard InChI is InChI=1S/C13H14ClN5O2/c1-8(9-4-3-5-10(14)6-9)18(2)12-11(19(20)21)7-16-13(15)17-12/h3-8H,1-2H3,(H2,15,16,17). The van der Waals surface area contributed by atoms with Crippen LogP contribution in [0.5, 0.6) is 0 Å². The maximum Gasteiger partial charge on any atom is 0.329 e. The van der Waals surface area contributed by atoms with E-state index >= 15 is 0 Å². The fraction of sp³-hybridized carbons (Fsp3) is 0.231. The van der Waals surface area contributed by atoms with Crippen molar-refractivity contribution in [2.75, 3.05) is 17.7 Å². The van der Waals surface area contributed by atoms with Crippen LogP contribution in [0.1, 0.15) is 18.5 Å². The zero-order valence-corrected chi connectivity index (χ0v) is 12.3. The molecule has 0 saturated carbocycles. The molecule has 21 heavy (non-hydrogen) atoms. The van der Waals surface area contributed by atoms with E-state index in [1.54, 1.807) is 24.1 Å². The Hall–Kier alpha value is -2.41. The first-order valence-electron chi connectivity index (χ1n) is 6.15. The highest BCUT2D eigenvalue weighted by Gasteiger charge is 2.24. The number of nitrogens with two attached hydrogens (primary N) is 1. The van der Waals surface area contributed by atoms with Crippen LogP contribution in [0.15, 0.2) is 30.5 Å². The number of hydrogen-bond donors (Lipinski definition) is 1. The fourth-order valence-electron chi connectivity index (χ4n) is 1.94. The molecule has 0 spiro atoms. The van der Waals surface area contributed by atoms with Crippen molar-refractivity contribution in [3.63, 3.8) is 0 Å². The lowest BCUT2D eigenvalue weighted by Gasteiger charge is -2.26. The number of halogens is 1. The summed E-state index contributed by atoms with van der Waals surface area (Å²) in [5.41, 5.74) is 6.26. The maximum absolute atomic E-state index is 11.1. The molecule has 0 bridgehead atoms. The molecule has 1 unspecified atom stereocenters. The molecule has 1 aromatic carbocycles. The van der Waals surface area contributed by atoms with Gasteiger partial charge in [-0.15, -0.1) is 0 Å². The highest BCUT2D eigenvalue weighted by atomic mass is 35.5. The predicted molar refractivity (Wildman–Crippen MR) is 81.4 cm³/mol. The van der Waals surface area contributed by atoms with Crippen LogP contribution >= 0.6 is 11.6 Å². The minimum absolute atomic E-state index is 0.0132. The van der Waals surface area contributed by atoms with Crippen LogP contribution in [0, 0.1) is 10.1 Å². The van der Waals surface area contributed by atoms with Gasteiger partial charge in [-0.1, -0.05) is 23.7 Å². The molecule has 0 aliphatic heterocycles. The van der Waals surface area contributed by atoms with Crippen molar-refractivity contribution in [1.82, 2.24) is 9.97 Å². The van der Waals surface area contributed by atoms with E-state index in [1.165, 1.54) is 0 Å². The van der Waals surface area contributed by atoms with E-state index in [9.17, 15) is 10.1 Å². The van der Waals surface area contributed by atoms with Gasteiger partial charge in [0.15, 0.2) is 0 Å². The number of aromatic nitrogens is 2. The largest absolute Gasteiger partial charge is 0.368 e. The molecule has 1 heterocycles. The number of hydrogen-bond acceptors (Lipinski definition) is 6. The number of nitro groups is 1. The van der Waals surface area contributed by atoms with Crippen molar-refractivity contribution in [1.29, 1.82) is 0 Å². The second-order valence-corrected chi connectivity index (χ2v) is 4.97. The Morgan fingerprint density at radius 1 is 1.48 bits per heavy atom. The SMILES string of the molecule is CC(c1cccc(Cl)c1)N(C)c1nc(N)ncc1[N+](=O)[O-]. The van der Waals surface area contributed by atoms with E-state index in [4.69, 9.17) is 17.3 Å². The number of rotatable bonds is 4. The summed E-state index contributed by atoms with van der Waals surface area (Å²) in [6.45, 7) is 1.90. The van der Waals surface area contributed by atoms with Gasteiger partial charge in [0.05, 0.1) is 11.0 Å². The molecule has 0 saturated heterocycles. The van der Waals surface area contributed by atoms with Gasteiger partial charge in [-0.25, -0.2) is 4.98 Å². The smallest absolute Gasteiger partial charge is 0.329 e. The number of nitrogens with zero attached hydrogens (tertiary/aromatic N) is 4. The minimum Gasteiger partial charge on any atom is -0.368 e. The molecule has 1 atom stereocenters. The molecular weight excluding hydrogens is 294 g/mol. The van der Waals surface area contributed by atoms with E-state index in [0.717, 1.165) is 11.8 Å². The molecule has 7 nitrogen and oxygen atoms in total. The van der Waals surface area contributed by atoms with Crippen LogP contribution in [0.4, 0.5) is 17.5 Å². The molecule has 110 valence electrons. The van der Waals surface area contributed by atoms with Crippen molar-refractivity contribution in [2.45, 2.75) is 13.0 Å². The van der Waals surface area contributed by atoms with Gasteiger partial charge in [-0.3, -0.25) is 10.1 Å². The van der Waals surface area contributed by atoms with Gasteiger partial charge in [0, 0.05) is 12.1 Å². The van der Waals surface area contributed by atoms with E-state index in [0.29, 0.717) is 5.02 Å². The summed E-state index contributed by atoms with van der Waals surface area (Å²) in [5, 5.41) is 11.7. The average Bonchev–Trinajstić information content (AvgIpc) is 2.45. The molecule has 0 radical (unpaired) electrons. The van der Waals surface area contributed by atoms with Crippen molar-refractivity contribution in [3.8, 4) is 0 Å². The second-order valence-electron chi connectivity index (χ2n) is 4.54. The zero-order valence-electron chi connectivity index (χ0n) is 11.5. The Morgan fingerprint density at radius 3 is 2.81 bits per heavy atom. The molecule has 2 aromatic rings. The highest BCUT2D eigenvalue weighted by molar-refractivity contribution is 6.30. The molecule has 2 rings (SSSR count). The molecule has 8 heteroatoms. The van der Waals surface area contributed by atoms with Crippen molar-refractivity contribution < 1.29 is 4.92 Å². The lowest BCUT2D eigenvalue weighted by Crippen LogP contribution is -2.24. The number of anilines is 2. The molecular formula is C13H14ClN5O2. The summed E-state index contributed by atoms with van der Waals surface area (Å²) in [6, 6.07) is 7.12. The Kier molecular flexibility index (Phi) is 4.23. The van der Waals surface area contributed by atoms with Crippen molar-refractivity contribution in [2.24, 2.45) is 0 Å². The van der Waals surface area contributed by atoms with Gasteiger partial charge < -0.3 is 10.6 Å². The first-order valence-corrected chi connectivity index (χ1v) is 6.53. The summed E-state index contributed by atoms with van der Waals surface area (Å²) >= 11 is 5.97. The Morgan fingerprint density at radius 2 is 2.19 bits per heavy atom. The van der Waals surface area contributed by atoms with Gasteiger partial charge in [0.2, 0.25) is 11.8 Å². The Labute approximate surface area is 126 Å². The third-order valence-electron chi connectivity index (χ3n) is 3.21. The van der Waals surface area contributed by atoms with E-state index in [2.05, 4.69) is 9.97 Å². The van der Waals surface area contributed by atoms with Crippen LogP contribution in [-0.4, -0.2) is 21.9 Å². The van der Waals surface area contributed by atoms with Gasteiger partial charge in [0.1, 0.15) is 6.20 Å². The lowest BCUT2D eigenvalue weighted by atomic mass is 10.1. The third kappa shape index (κ3) is 3.19. The minimum atomic E-state index is -0.532. The topological polar surface area (TPSA) is 98.2 Å². The first kappa shape index (κ1) is 15.0. The summed E-state index contributed by atoms with van der Waals surface area (Å²) in [4.78, 5) is 19.9. The second kappa shape index (κ2) is 5.92. The lowest BCUT2D eigenvalue weighted by molar-refractivity contribution is -0.384. The summed E-state index contributed by atoms with van der Waals surface area (Å²) in [7, 11) is 1.71. The van der Waals surface area contributed by atoms with E-state index < -0.39 is 4.92 Å². The van der Waals surface area contributed by atoms with Gasteiger partial charge >= 0.3 is 5.69 Å². The van der Waals surface area contributed by atoms with E-state index in [1.807, 2.05) is 19.1 Å². The molecule has 0 fully saturated rings. The Bertz CT molecular complexity index is 679. The molecule has 0 aliphatic carbocycles. The van der Waals surface area contributed by atoms with E-state index in [-0.39, 0.29) is 23.5 Å². The number of benzene rings is 1. The van der Waals surface area contributed by atoms with Crippen molar-refractivity contribution in [3.05, 3.63) is 51.2 Å². The number of nitrogen functional groups attached to an aromatic ring is 1. The molecule has 0 aliphatic rings. The predicted octanol–water partition coefficient (Wildman–Crippen LogP) is 2.82. The highest BCUT2D eigenvalue weighted by Crippen LogP contribution is 2.31. The van der Waals surface area contributed by atoms with Crippen LogP contribution in [0.3, 0.4) is 0 Å². The van der Waals surface area contributed by atoms with Gasteiger partial charge in [-0.2, -0.15) is 4.98 Å². The average molecular weight is 308 g/mol. The van der Waals surface area contributed by atoms with Gasteiger partial charge in [-0.05, 0) is 24.6 Å².